The second-order valence-electron chi connectivity index (χ2n) is 5.58. The van der Waals surface area contributed by atoms with Crippen molar-refractivity contribution in [3.05, 3.63) is 40.2 Å². The molecule has 9 heteroatoms. The van der Waals surface area contributed by atoms with Gasteiger partial charge >= 0.3 is 5.69 Å². The number of carbonyl (C=O) groups excluding carboxylic acids is 1. The smallest absolute Gasteiger partial charge is 0.332 e. The molecule has 0 saturated carbocycles. The maximum absolute atomic E-state index is 12.6. The summed E-state index contributed by atoms with van der Waals surface area (Å²) in [5.74, 6) is 0.530. The van der Waals surface area contributed by atoms with E-state index in [4.69, 9.17) is 15.2 Å². The van der Waals surface area contributed by atoms with Crippen molar-refractivity contribution in [1.29, 1.82) is 0 Å². The van der Waals surface area contributed by atoms with Crippen LogP contribution in [0.3, 0.4) is 0 Å². The molecule has 0 saturated heterocycles. The summed E-state index contributed by atoms with van der Waals surface area (Å²) in [5, 5.41) is 0. The predicted molar refractivity (Wildman–Crippen MR) is 95.1 cm³/mol. The average molecular weight is 357 g/mol. The molecule has 0 radical (unpaired) electrons. The third kappa shape index (κ3) is 2.77. The third-order valence-corrected chi connectivity index (χ3v) is 3.91. The van der Waals surface area contributed by atoms with E-state index in [2.05, 4.69) is 15.0 Å². The number of nitrogens with two attached hydrogens (primary N) is 1. The van der Waals surface area contributed by atoms with E-state index in [0.29, 0.717) is 29.4 Å². The minimum Gasteiger partial charge on any atom is -0.493 e. The number of aromatic amines is 1. The molecule has 3 rings (SSSR count). The van der Waals surface area contributed by atoms with E-state index in [1.807, 2.05) is 6.92 Å². The van der Waals surface area contributed by atoms with Crippen LogP contribution < -0.4 is 20.9 Å². The molecule has 9 nitrogen and oxygen atoms in total. The van der Waals surface area contributed by atoms with Crippen molar-refractivity contribution in [2.45, 2.75) is 19.8 Å². The van der Waals surface area contributed by atoms with Crippen LogP contribution in [0.2, 0.25) is 0 Å². The van der Waals surface area contributed by atoms with Crippen molar-refractivity contribution in [3.63, 3.8) is 0 Å². The van der Waals surface area contributed by atoms with Gasteiger partial charge in [-0.3, -0.25) is 4.79 Å². The number of primary amides is 1. The average Bonchev–Trinajstić information content (AvgIpc) is 2.95. The normalized spacial score (nSPS) is 10.9. The van der Waals surface area contributed by atoms with Crippen molar-refractivity contribution < 1.29 is 14.3 Å². The molecule has 2 heterocycles. The molecule has 0 spiro atoms. The minimum atomic E-state index is -0.735. The third-order valence-electron chi connectivity index (χ3n) is 3.91. The first kappa shape index (κ1) is 17.5. The van der Waals surface area contributed by atoms with Crippen molar-refractivity contribution in [1.82, 2.24) is 19.5 Å². The summed E-state index contributed by atoms with van der Waals surface area (Å²) in [6, 6.07) is 5.14. The highest BCUT2D eigenvalue weighted by Gasteiger charge is 2.22. The summed E-state index contributed by atoms with van der Waals surface area (Å²) < 4.78 is 12.0. The first-order valence-electron chi connectivity index (χ1n) is 8.04. The molecule has 0 aliphatic rings. The van der Waals surface area contributed by atoms with E-state index in [0.717, 1.165) is 6.42 Å². The first-order valence-corrected chi connectivity index (χ1v) is 8.04. The fourth-order valence-electron chi connectivity index (χ4n) is 2.81. The Morgan fingerprint density at radius 3 is 2.65 bits per heavy atom. The highest BCUT2D eigenvalue weighted by molar-refractivity contribution is 6.01. The molecule has 1 amide bonds. The molecule has 136 valence electrons. The minimum absolute atomic E-state index is 0.0174. The van der Waals surface area contributed by atoms with E-state index in [1.165, 1.54) is 18.8 Å². The van der Waals surface area contributed by atoms with Crippen LogP contribution in [0.5, 0.6) is 11.5 Å². The van der Waals surface area contributed by atoms with Gasteiger partial charge in [-0.05, 0) is 18.6 Å². The Hall–Kier alpha value is -3.36. The quantitative estimate of drug-likeness (QED) is 0.682. The first-order chi connectivity index (χ1) is 12.5. The van der Waals surface area contributed by atoms with Crippen LogP contribution in [0.15, 0.2) is 23.0 Å². The molecule has 0 aliphatic carbocycles. The number of carbonyl (C=O) groups is 1. The summed E-state index contributed by atoms with van der Waals surface area (Å²) in [6.07, 6.45) is 1.33. The number of hydrogen-bond acceptors (Lipinski definition) is 6. The number of aromatic nitrogens is 4. The lowest BCUT2D eigenvalue weighted by atomic mass is 10.2. The van der Waals surface area contributed by atoms with E-state index in [-0.39, 0.29) is 16.9 Å². The Morgan fingerprint density at radius 2 is 2.04 bits per heavy atom. The number of rotatable bonds is 6. The Kier molecular flexibility index (Phi) is 4.61. The van der Waals surface area contributed by atoms with E-state index < -0.39 is 11.6 Å². The van der Waals surface area contributed by atoms with Crippen molar-refractivity contribution in [3.8, 4) is 17.2 Å². The molecule has 0 fully saturated rings. The Morgan fingerprint density at radius 1 is 1.27 bits per heavy atom. The standard InChI is InChI=1S/C17H19N5O4/c1-4-6-11-19-12(15(18)23)13-16(20-11)22(17(24)21-13)9-7-5-8-10(25-2)14(9)26-3/h5,7-8H,4,6H2,1-3H3,(H2,18,23)(H,21,24). The Balaban J connectivity index is 2.40. The SMILES string of the molecule is CCCc1nc(C(N)=O)c2[nH]c(=O)n(-c3cccc(OC)c3OC)c2n1. The number of aryl methyl sites for hydroxylation is 1. The number of benzene rings is 1. The number of fused-ring (bicyclic) bond motifs is 1. The fourth-order valence-corrected chi connectivity index (χ4v) is 2.81. The van der Waals surface area contributed by atoms with E-state index in [9.17, 15) is 9.59 Å². The van der Waals surface area contributed by atoms with Crippen LogP contribution in [-0.2, 0) is 6.42 Å². The summed E-state index contributed by atoms with van der Waals surface area (Å²) in [7, 11) is 2.99. The Labute approximate surface area is 148 Å². The number of hydrogen-bond donors (Lipinski definition) is 2. The van der Waals surface area contributed by atoms with Gasteiger partial charge in [0.25, 0.3) is 5.91 Å². The number of nitrogens with zero attached hydrogens (tertiary/aromatic N) is 3. The van der Waals surface area contributed by atoms with Gasteiger partial charge in [-0.25, -0.2) is 19.3 Å². The lowest BCUT2D eigenvalue weighted by Gasteiger charge is -2.13. The summed E-state index contributed by atoms with van der Waals surface area (Å²) >= 11 is 0. The largest absolute Gasteiger partial charge is 0.493 e. The molecule has 3 aromatic rings. The van der Waals surface area contributed by atoms with Gasteiger partial charge in [0.15, 0.2) is 22.8 Å². The fraction of sp³-hybridized carbons (Fsp3) is 0.294. The molecular weight excluding hydrogens is 338 g/mol. The van der Waals surface area contributed by atoms with Crippen molar-refractivity contribution >= 4 is 17.1 Å². The molecule has 1 aromatic carbocycles. The lowest BCUT2D eigenvalue weighted by molar-refractivity contribution is 0.0996. The van der Waals surface area contributed by atoms with Crippen LogP contribution in [0.4, 0.5) is 0 Å². The molecule has 0 bridgehead atoms. The maximum Gasteiger partial charge on any atom is 0.332 e. The number of amides is 1. The molecule has 3 N–H and O–H groups in total. The highest BCUT2D eigenvalue weighted by atomic mass is 16.5. The van der Waals surface area contributed by atoms with Crippen LogP contribution in [0.25, 0.3) is 16.9 Å². The van der Waals surface area contributed by atoms with E-state index >= 15 is 0 Å². The molecular formula is C17H19N5O4. The van der Waals surface area contributed by atoms with Gasteiger partial charge in [-0.1, -0.05) is 13.0 Å². The number of para-hydroxylation sites is 1. The second kappa shape index (κ2) is 6.87. The number of H-pyrrole nitrogens is 1. The second-order valence-corrected chi connectivity index (χ2v) is 5.58. The van der Waals surface area contributed by atoms with Gasteiger partial charge in [0.05, 0.1) is 19.9 Å². The number of methoxy groups -OCH3 is 2. The molecule has 2 aromatic heterocycles. The van der Waals surface area contributed by atoms with Gasteiger partial charge in [0.2, 0.25) is 0 Å². The zero-order valence-electron chi connectivity index (χ0n) is 14.7. The van der Waals surface area contributed by atoms with Gasteiger partial charge in [0.1, 0.15) is 11.3 Å². The highest BCUT2D eigenvalue weighted by Crippen LogP contribution is 2.34. The van der Waals surface area contributed by atoms with E-state index in [1.54, 1.807) is 18.2 Å². The predicted octanol–water partition coefficient (Wildman–Crippen LogP) is 1.18. The monoisotopic (exact) mass is 357 g/mol. The molecule has 0 atom stereocenters. The van der Waals surface area contributed by atoms with Gasteiger partial charge in [-0.2, -0.15) is 0 Å². The Bertz CT molecular complexity index is 1040. The zero-order chi connectivity index (χ0) is 18.8. The van der Waals surface area contributed by atoms with Crippen LogP contribution >= 0.6 is 0 Å². The number of ether oxygens (including phenoxy) is 2. The van der Waals surface area contributed by atoms with Crippen molar-refractivity contribution in [2.24, 2.45) is 5.73 Å². The van der Waals surface area contributed by atoms with Crippen LogP contribution in [0, 0.1) is 0 Å². The summed E-state index contributed by atoms with van der Waals surface area (Å²) in [6.45, 7) is 1.97. The lowest BCUT2D eigenvalue weighted by Crippen LogP contribution is -2.16. The van der Waals surface area contributed by atoms with Gasteiger partial charge in [-0.15, -0.1) is 0 Å². The van der Waals surface area contributed by atoms with Gasteiger partial charge in [0, 0.05) is 6.42 Å². The van der Waals surface area contributed by atoms with Gasteiger partial charge < -0.3 is 20.2 Å². The van der Waals surface area contributed by atoms with Crippen molar-refractivity contribution in [2.75, 3.05) is 14.2 Å². The van der Waals surface area contributed by atoms with Crippen LogP contribution in [-0.4, -0.2) is 39.6 Å². The summed E-state index contributed by atoms with van der Waals surface area (Å²) in [5.41, 5.74) is 5.81. The number of imidazole rings is 1. The molecule has 26 heavy (non-hydrogen) atoms. The number of nitrogens with one attached hydrogen (secondary N) is 1. The maximum atomic E-state index is 12.6. The molecule has 0 aliphatic heterocycles. The molecule has 0 unspecified atom stereocenters. The zero-order valence-corrected chi connectivity index (χ0v) is 14.7. The van der Waals surface area contributed by atoms with Crippen LogP contribution in [0.1, 0.15) is 29.7 Å². The summed E-state index contributed by atoms with van der Waals surface area (Å²) in [4.78, 5) is 35.7. The topological polar surface area (TPSA) is 125 Å².